The smallest absolute Gasteiger partial charge is 0.271 e. The molecule has 1 aliphatic rings. The Kier molecular flexibility index (Phi) is 12.2. The van der Waals surface area contributed by atoms with E-state index in [4.69, 9.17) is 9.47 Å². The largest absolute Gasteiger partial charge is 0.490 e. The van der Waals surface area contributed by atoms with Crippen molar-refractivity contribution in [1.29, 1.82) is 0 Å². The summed E-state index contributed by atoms with van der Waals surface area (Å²) in [6, 6.07) is 11.5. The quantitative estimate of drug-likeness (QED) is 0.339. The minimum atomic E-state index is -3.82. The molecule has 0 saturated heterocycles. The Bertz CT molecular complexity index is 1440. The van der Waals surface area contributed by atoms with Gasteiger partial charge in [-0.3, -0.25) is 19.4 Å². The van der Waals surface area contributed by atoms with E-state index in [-0.39, 0.29) is 46.1 Å². The Morgan fingerprint density at radius 2 is 1.95 bits per heavy atom. The Labute approximate surface area is 265 Å². The second kappa shape index (κ2) is 15.8. The molecule has 2 N–H and O–H groups in total. The van der Waals surface area contributed by atoms with E-state index in [1.807, 2.05) is 19.1 Å². The van der Waals surface area contributed by atoms with Gasteiger partial charge in [0, 0.05) is 50.2 Å². The van der Waals surface area contributed by atoms with E-state index in [1.165, 1.54) is 12.1 Å². The molecule has 1 aromatic carbocycles. The second-order valence-corrected chi connectivity index (χ2v) is 14.5. The molecule has 44 heavy (non-hydrogen) atoms. The van der Waals surface area contributed by atoms with Gasteiger partial charge in [-0.25, -0.2) is 8.42 Å². The van der Waals surface area contributed by atoms with Crippen LogP contribution in [0.1, 0.15) is 56.0 Å². The number of hydrogen-bond acceptors (Lipinski definition) is 9. The number of hydrogen-bond donors (Lipinski definition) is 2. The maximum Gasteiger partial charge on any atom is 0.271 e. The highest BCUT2D eigenvalue weighted by molar-refractivity contribution is 7.94. The van der Waals surface area contributed by atoms with Crippen LogP contribution in [0.3, 0.4) is 0 Å². The fraction of sp³-hybridized carbons (Fsp3) is 0.500. The number of carbonyl (C=O) groups is 1. The molecular formula is C32H44N4O6S2. The fourth-order valence-electron chi connectivity index (χ4n) is 5.24. The number of ether oxygens (including phenoxy) is 2. The van der Waals surface area contributed by atoms with E-state index < -0.39 is 16.1 Å². The van der Waals surface area contributed by atoms with E-state index in [0.29, 0.717) is 25.4 Å². The molecule has 4 rings (SSSR count). The van der Waals surface area contributed by atoms with Crippen LogP contribution in [0.4, 0.5) is 5.69 Å². The van der Waals surface area contributed by atoms with Crippen LogP contribution >= 0.6 is 11.3 Å². The van der Waals surface area contributed by atoms with Crippen LogP contribution in [0.2, 0.25) is 0 Å². The van der Waals surface area contributed by atoms with Gasteiger partial charge >= 0.3 is 0 Å². The van der Waals surface area contributed by atoms with Gasteiger partial charge in [0.2, 0.25) is 0 Å². The van der Waals surface area contributed by atoms with Gasteiger partial charge in [0.1, 0.15) is 9.96 Å². The van der Waals surface area contributed by atoms with Gasteiger partial charge in [-0.05, 0) is 87.5 Å². The van der Waals surface area contributed by atoms with Crippen molar-refractivity contribution in [3.05, 3.63) is 71.4 Å². The Morgan fingerprint density at radius 1 is 1.18 bits per heavy atom. The van der Waals surface area contributed by atoms with Crippen LogP contribution in [-0.2, 0) is 21.3 Å². The van der Waals surface area contributed by atoms with Crippen molar-refractivity contribution in [3.63, 3.8) is 0 Å². The molecule has 10 nitrogen and oxygen atoms in total. The molecule has 3 aromatic rings. The number of benzene rings is 1. The number of likely N-dealkylation sites (N-methyl/N-ethyl adjacent to an activating group) is 1. The number of amides is 1. The monoisotopic (exact) mass is 644 g/mol. The van der Waals surface area contributed by atoms with Gasteiger partial charge in [0.15, 0.2) is 0 Å². The first-order valence-electron chi connectivity index (χ1n) is 15.0. The minimum absolute atomic E-state index is 0.0698. The number of aromatic nitrogens is 1. The lowest BCUT2D eigenvalue weighted by atomic mass is 10.0. The van der Waals surface area contributed by atoms with Crippen LogP contribution in [-0.4, -0.2) is 85.8 Å². The molecule has 0 spiro atoms. The van der Waals surface area contributed by atoms with Crippen molar-refractivity contribution >= 4 is 33.0 Å². The third kappa shape index (κ3) is 9.24. The third-order valence-corrected chi connectivity index (χ3v) is 10.5. The average Bonchev–Trinajstić information content (AvgIpc) is 3.55. The predicted octanol–water partition coefficient (Wildman–Crippen LogP) is 4.87. The fourth-order valence-corrected chi connectivity index (χ4v) is 7.28. The lowest BCUT2D eigenvalue weighted by Gasteiger charge is -2.36. The number of anilines is 1. The van der Waals surface area contributed by atoms with Gasteiger partial charge in [0.05, 0.1) is 30.4 Å². The Morgan fingerprint density at radius 3 is 2.66 bits per heavy atom. The topological polar surface area (TPSA) is 121 Å². The molecular weight excluding hydrogens is 601 g/mol. The van der Waals surface area contributed by atoms with E-state index in [1.54, 1.807) is 47.8 Å². The number of pyridine rings is 1. The van der Waals surface area contributed by atoms with Gasteiger partial charge in [-0.15, -0.1) is 11.3 Å². The predicted molar refractivity (Wildman–Crippen MR) is 173 cm³/mol. The van der Waals surface area contributed by atoms with E-state index in [2.05, 4.69) is 28.6 Å². The van der Waals surface area contributed by atoms with E-state index in [9.17, 15) is 18.3 Å². The lowest BCUT2D eigenvalue weighted by molar-refractivity contribution is -0.0177. The summed E-state index contributed by atoms with van der Waals surface area (Å²) in [6.45, 7) is 7.90. The molecule has 0 bridgehead atoms. The lowest BCUT2D eigenvalue weighted by Crippen LogP contribution is -2.47. The van der Waals surface area contributed by atoms with Crippen molar-refractivity contribution in [2.75, 3.05) is 38.1 Å². The number of nitrogens with one attached hydrogen (secondary N) is 1. The van der Waals surface area contributed by atoms with Gasteiger partial charge in [-0.2, -0.15) is 0 Å². The van der Waals surface area contributed by atoms with Crippen LogP contribution in [0.25, 0.3) is 0 Å². The molecule has 240 valence electrons. The molecule has 0 aliphatic carbocycles. The molecule has 3 heterocycles. The number of sulfonamides is 1. The van der Waals surface area contributed by atoms with Crippen LogP contribution in [0.15, 0.2) is 64.4 Å². The average molecular weight is 645 g/mol. The van der Waals surface area contributed by atoms with Crippen molar-refractivity contribution in [2.24, 2.45) is 5.92 Å². The third-order valence-electron chi connectivity index (χ3n) is 7.76. The van der Waals surface area contributed by atoms with Crippen LogP contribution in [0.5, 0.6) is 5.75 Å². The standard InChI is InChI=1S/C32H44N4O6S2/c1-23-19-36(24(2)22-37)32(38)28-18-27(34-44(39,40)31-9-7-17-43-31)10-11-29(28)42-25(3)8-5-6-16-41-30(23)21-35(4)20-26-12-14-33-15-13-26/h7,9-15,17-18,23-25,30,34,37H,5-6,8,16,19-22H2,1-4H3/t23-,24+,25+,30+/m1/s1. The highest BCUT2D eigenvalue weighted by Crippen LogP contribution is 2.30. The van der Waals surface area contributed by atoms with Crippen molar-refractivity contribution in [1.82, 2.24) is 14.8 Å². The summed E-state index contributed by atoms with van der Waals surface area (Å²) in [5.41, 5.74) is 1.64. The normalized spacial score (nSPS) is 21.3. The summed E-state index contributed by atoms with van der Waals surface area (Å²) in [5, 5.41) is 11.9. The molecule has 0 saturated carbocycles. The summed E-state index contributed by atoms with van der Waals surface area (Å²) in [5.74, 6) is -0.0374. The number of thiophene rings is 1. The molecule has 1 aliphatic heterocycles. The van der Waals surface area contributed by atoms with E-state index >= 15 is 0 Å². The molecule has 1 amide bonds. The number of carbonyl (C=O) groups excluding carboxylic acids is 1. The van der Waals surface area contributed by atoms with E-state index in [0.717, 1.165) is 42.7 Å². The highest BCUT2D eigenvalue weighted by atomic mass is 32.2. The summed E-state index contributed by atoms with van der Waals surface area (Å²) in [6.07, 6.45) is 5.76. The number of aliphatic hydroxyl groups excluding tert-OH is 1. The second-order valence-electron chi connectivity index (χ2n) is 11.6. The number of rotatable bonds is 9. The maximum absolute atomic E-state index is 14.3. The number of aliphatic hydroxyl groups is 1. The maximum atomic E-state index is 14.3. The number of nitrogens with zero attached hydrogens (tertiary/aromatic N) is 3. The van der Waals surface area contributed by atoms with Crippen LogP contribution in [0, 0.1) is 5.92 Å². The molecule has 2 aromatic heterocycles. The Balaban J connectivity index is 1.63. The first-order valence-corrected chi connectivity index (χ1v) is 17.4. The first kappa shape index (κ1) is 33.9. The number of fused-ring (bicyclic) bond motifs is 1. The van der Waals surface area contributed by atoms with Gasteiger partial charge in [0.25, 0.3) is 15.9 Å². The van der Waals surface area contributed by atoms with Gasteiger partial charge in [-0.1, -0.05) is 13.0 Å². The SMILES string of the molecule is C[C@@H]1CN([C@@H](C)CO)C(=O)c2cc(NS(=O)(=O)c3cccs3)ccc2O[C@@H](C)CCCCO[C@H]1CN(C)Cc1ccncc1. The van der Waals surface area contributed by atoms with Crippen molar-refractivity contribution in [3.8, 4) is 5.75 Å². The van der Waals surface area contributed by atoms with Crippen molar-refractivity contribution in [2.45, 2.75) is 69.0 Å². The minimum Gasteiger partial charge on any atom is -0.490 e. The van der Waals surface area contributed by atoms with Gasteiger partial charge < -0.3 is 19.5 Å². The van der Waals surface area contributed by atoms with Crippen LogP contribution < -0.4 is 9.46 Å². The first-order chi connectivity index (χ1) is 21.1. The zero-order valence-electron chi connectivity index (χ0n) is 25.9. The summed E-state index contributed by atoms with van der Waals surface area (Å²) < 4.78 is 41.4. The molecule has 0 radical (unpaired) electrons. The summed E-state index contributed by atoms with van der Waals surface area (Å²) in [4.78, 5) is 22.2. The summed E-state index contributed by atoms with van der Waals surface area (Å²) in [7, 11) is -1.77. The Hall–Kier alpha value is -3.03. The zero-order chi connectivity index (χ0) is 31.7. The van der Waals surface area contributed by atoms with Crippen molar-refractivity contribution < 1.29 is 27.8 Å². The zero-order valence-corrected chi connectivity index (χ0v) is 27.5. The summed E-state index contributed by atoms with van der Waals surface area (Å²) >= 11 is 1.11. The molecule has 0 fully saturated rings. The molecule has 0 unspecified atom stereocenters. The highest BCUT2D eigenvalue weighted by Gasteiger charge is 2.30. The molecule has 12 heteroatoms. The molecule has 4 atom stereocenters.